The predicted octanol–water partition coefficient (Wildman–Crippen LogP) is 0.602. The van der Waals surface area contributed by atoms with E-state index in [0.29, 0.717) is 49.9 Å². The fraction of sp³-hybridized carbons (Fsp3) is 0.611. The summed E-state index contributed by atoms with van der Waals surface area (Å²) in [4.78, 5) is 143. The molecule has 660 valence electrons. The van der Waals surface area contributed by atoms with Crippen LogP contribution in [0.3, 0.4) is 0 Å². The molecule has 0 amide bonds. The summed E-state index contributed by atoms with van der Waals surface area (Å²) in [6, 6.07) is 8.47. The van der Waals surface area contributed by atoms with Gasteiger partial charge in [0.1, 0.15) is 72.5 Å². The number of carbonyl (C=O) groups is 14. The SMILES string of the molecule is CC(C)C[C@H](N)C(=O)O.CC(C)C[C@H](N)C(=O)O.CC(C)C[C@H](N)C(=O)O.CC(C)[C@H](N)C(=O)O.CC(C)[C@H](N)C(=O)O.CC[C@H](C)[C@H](N)C(=O)O.C[C@H](N)C(=O)O.C[C@H](N)C(=O)O.NCC(=O)O.N[C@@H](CCC(=O)O)C(=O)O.N[C@@H](Cc1c[nH]c2ccccc12)C(=O)O.N[C@@H](Cc1ccccc1)C(=O)O.O=C(O)[C@@H]1CCCN1. The van der Waals surface area contributed by atoms with E-state index in [1.807, 2.05) is 116 Å². The standard InChI is InChI=1S/C11H12N2O2.C9H11NO2.4C6H13NO2.C5H9NO4.C5H9NO2.2C5H11NO2.2C3H7NO2.C2H5NO2/c12-9(11(14)15)5-7-6-13-10-4-2-1-3-8(7)10;10-8(9(11)12)6-7-4-2-1-3-5-7;3*1-4(2)3-5(7)6(8)9;1-3-4(2)5(7)6(8)9;6-3(5(9)10)1-2-4(7)8;7-5(8)4-2-1-3-6-4;2*1-3(2)4(6)5(7)8;2*1-2(4)3(5)6;3-1-2(4)5/h1-4,6,9,13H,5,12H2,(H,14,15);1-5,8H,6,10H2,(H,11,12);4*4-5H,3,7H2,1-2H3,(H,8,9);3H,1-2,6H2,(H,7,8)(H,9,10);4,6H,1-3H2,(H,7,8);2*3-4H,6H2,1-2H3,(H,7,8);2*2H,4H2,1H3,(H,5,6);1,3H2,(H,4,5)/t9-;8-;3*5-;4-,5-;3-;3*4-;2*2-;/m000000000000./s1. The molecule has 3 aromatic rings. The average Bonchev–Trinajstić information content (AvgIpc) is 1.69. The third-order valence-corrected chi connectivity index (χ3v) is 14.0. The van der Waals surface area contributed by atoms with Gasteiger partial charge in [0.15, 0.2) is 0 Å². The second-order valence-corrected chi connectivity index (χ2v) is 27.0. The summed E-state index contributed by atoms with van der Waals surface area (Å²) < 4.78 is 0. The summed E-state index contributed by atoms with van der Waals surface area (Å²) in [5.41, 5.74) is 64.2. The number of hydrogen-bond donors (Lipinski definition) is 28. The Labute approximate surface area is 664 Å². The third kappa shape index (κ3) is 80.1. The van der Waals surface area contributed by atoms with Crippen molar-refractivity contribution in [2.24, 2.45) is 104 Å². The molecule has 1 aliphatic rings. The minimum absolute atomic E-state index is 0.0208. The Kier molecular flexibility index (Phi) is 77.3. The number of H-pyrrole nitrogens is 1. The van der Waals surface area contributed by atoms with E-state index >= 15 is 0 Å². The van der Waals surface area contributed by atoms with Crippen LogP contribution in [0.25, 0.3) is 10.9 Å². The van der Waals surface area contributed by atoms with Crippen LogP contribution < -0.4 is 74.1 Å². The van der Waals surface area contributed by atoms with E-state index in [-0.39, 0.29) is 43.2 Å². The first-order valence-corrected chi connectivity index (χ1v) is 35.6. The Morgan fingerprint density at radius 3 is 0.930 bits per heavy atom. The zero-order chi connectivity index (χ0) is 91.8. The first-order valence-electron chi connectivity index (χ1n) is 35.6. The monoisotopic (exact) mass is 1640 g/mol. The number of aromatic nitrogens is 1. The summed E-state index contributed by atoms with van der Waals surface area (Å²) in [6.45, 7) is 26.0. The maximum absolute atomic E-state index is 10.6. The van der Waals surface area contributed by atoms with E-state index in [4.69, 9.17) is 135 Å². The van der Waals surface area contributed by atoms with E-state index < -0.39 is 150 Å². The maximum Gasteiger partial charge on any atom is 0.320 e. The van der Waals surface area contributed by atoms with Crippen molar-refractivity contribution >= 4 is 94.5 Å². The summed E-state index contributed by atoms with van der Waals surface area (Å²) in [7, 11) is 0. The second-order valence-electron chi connectivity index (χ2n) is 27.0. The number of para-hydroxylation sites is 1. The smallest absolute Gasteiger partial charge is 0.320 e. The van der Waals surface area contributed by atoms with Crippen LogP contribution in [0.1, 0.15) is 159 Å². The lowest BCUT2D eigenvalue weighted by molar-refractivity contribution is -0.141. The van der Waals surface area contributed by atoms with Crippen LogP contribution in [0.5, 0.6) is 0 Å². The zero-order valence-corrected chi connectivity index (χ0v) is 67.6. The molecule has 4 rings (SSSR count). The van der Waals surface area contributed by atoms with Gasteiger partial charge in [-0.05, 0) is 118 Å². The highest BCUT2D eigenvalue weighted by molar-refractivity contribution is 5.84. The predicted molar refractivity (Wildman–Crippen MR) is 425 cm³/mol. The second kappa shape index (κ2) is 72.0. The van der Waals surface area contributed by atoms with Crippen LogP contribution in [-0.4, -0.2) is 246 Å². The molecule has 42 nitrogen and oxygen atoms in total. The molecule has 42 heteroatoms. The number of carboxylic acids is 14. The molecule has 13 atom stereocenters. The molecule has 0 aliphatic carbocycles. The lowest BCUT2D eigenvalue weighted by atomic mass is 10.0. The number of fused-ring (bicyclic) bond motifs is 1. The molecule has 1 aliphatic heterocycles. The fourth-order valence-corrected chi connectivity index (χ4v) is 6.77. The first-order chi connectivity index (χ1) is 52.1. The lowest BCUT2D eigenvalue weighted by Gasteiger charge is -2.11. The van der Waals surface area contributed by atoms with Crippen molar-refractivity contribution in [3.63, 3.8) is 0 Å². The molecule has 0 spiro atoms. The minimum Gasteiger partial charge on any atom is -0.481 e. The number of carboxylic acid groups (broad SMARTS) is 14. The van der Waals surface area contributed by atoms with Crippen molar-refractivity contribution in [2.45, 2.75) is 234 Å². The van der Waals surface area contributed by atoms with Crippen LogP contribution >= 0.6 is 0 Å². The molecule has 40 N–H and O–H groups in total. The molecule has 0 saturated carbocycles. The first kappa shape index (κ1) is 122. The summed E-state index contributed by atoms with van der Waals surface area (Å²) in [5.74, 6) is -12.1. The summed E-state index contributed by atoms with van der Waals surface area (Å²) >= 11 is 0. The van der Waals surface area contributed by atoms with Crippen molar-refractivity contribution in [1.82, 2.24) is 10.3 Å². The van der Waals surface area contributed by atoms with Crippen LogP contribution in [0.4, 0.5) is 0 Å². The van der Waals surface area contributed by atoms with Gasteiger partial charge in [0.05, 0.1) is 6.54 Å². The van der Waals surface area contributed by atoms with Gasteiger partial charge in [-0.15, -0.1) is 0 Å². The topological polar surface area (TPSA) is 862 Å². The van der Waals surface area contributed by atoms with Crippen molar-refractivity contribution in [1.29, 1.82) is 0 Å². The molecule has 1 fully saturated rings. The van der Waals surface area contributed by atoms with Crippen molar-refractivity contribution < 1.29 is 139 Å². The molecular weight excluding hydrogens is 1510 g/mol. The van der Waals surface area contributed by atoms with Gasteiger partial charge in [0, 0.05) is 29.9 Å². The van der Waals surface area contributed by atoms with E-state index in [0.717, 1.165) is 47.8 Å². The highest BCUT2D eigenvalue weighted by atomic mass is 16.4. The molecule has 0 bridgehead atoms. The number of hydrogen-bond acceptors (Lipinski definition) is 27. The molecule has 114 heavy (non-hydrogen) atoms. The van der Waals surface area contributed by atoms with Gasteiger partial charge >= 0.3 is 83.6 Å². The highest BCUT2D eigenvalue weighted by Gasteiger charge is 2.22. The Balaban J connectivity index is -0.000000151. The van der Waals surface area contributed by atoms with E-state index in [1.165, 1.54) is 13.8 Å². The van der Waals surface area contributed by atoms with E-state index in [9.17, 15) is 67.1 Å². The van der Waals surface area contributed by atoms with Gasteiger partial charge in [0.25, 0.3) is 0 Å². The number of nitrogens with one attached hydrogen (secondary N) is 2. The normalized spacial score (nSPS) is 14.4. The van der Waals surface area contributed by atoms with Gasteiger partial charge < -0.3 is 151 Å². The number of aliphatic carboxylic acids is 14. The lowest BCUT2D eigenvalue weighted by Crippen LogP contribution is -2.36. The Morgan fingerprint density at radius 2 is 0.719 bits per heavy atom. The highest BCUT2D eigenvalue weighted by Crippen LogP contribution is 2.19. The average molecular weight is 1640 g/mol. The van der Waals surface area contributed by atoms with Gasteiger partial charge in [-0.2, -0.15) is 0 Å². The summed E-state index contributed by atoms with van der Waals surface area (Å²) in [5, 5.41) is 119. The molecule has 2 aromatic carbocycles. The third-order valence-electron chi connectivity index (χ3n) is 14.0. The van der Waals surface area contributed by atoms with Crippen LogP contribution in [0, 0.1) is 35.5 Å². The van der Waals surface area contributed by atoms with Crippen molar-refractivity contribution in [3.8, 4) is 0 Å². The Morgan fingerprint density at radius 1 is 0.404 bits per heavy atom. The molecule has 2 heterocycles. The summed E-state index contributed by atoms with van der Waals surface area (Å²) in [6.07, 6.45) is 6.57. The number of benzene rings is 2. The van der Waals surface area contributed by atoms with Crippen LogP contribution in [-0.2, 0) is 80.0 Å². The quantitative estimate of drug-likeness (QED) is 0.0434. The van der Waals surface area contributed by atoms with Gasteiger partial charge in [0.2, 0.25) is 0 Å². The molecule has 1 saturated heterocycles. The fourth-order valence-electron chi connectivity index (χ4n) is 6.77. The van der Waals surface area contributed by atoms with E-state index in [2.05, 4.69) is 16.0 Å². The van der Waals surface area contributed by atoms with Gasteiger partial charge in [-0.1, -0.05) is 138 Å². The maximum atomic E-state index is 10.6. The van der Waals surface area contributed by atoms with Crippen LogP contribution in [0.15, 0.2) is 60.8 Å². The van der Waals surface area contributed by atoms with Gasteiger partial charge in [-0.25, -0.2) is 0 Å². The molecule has 0 radical (unpaired) electrons. The number of nitrogens with two attached hydrogens (primary N) is 12. The molecule has 1 aromatic heterocycles. The molecule has 0 unspecified atom stereocenters. The zero-order valence-electron chi connectivity index (χ0n) is 67.6. The van der Waals surface area contributed by atoms with Crippen molar-refractivity contribution in [2.75, 3.05) is 13.1 Å². The van der Waals surface area contributed by atoms with Crippen molar-refractivity contribution in [3.05, 3.63) is 71.9 Å². The Bertz CT molecular complexity index is 3050. The minimum atomic E-state index is -1.17. The van der Waals surface area contributed by atoms with Gasteiger partial charge in [-0.3, -0.25) is 67.1 Å². The number of aromatic amines is 1. The molecular formula is C72H134N14O28. The number of rotatable bonds is 30. The largest absolute Gasteiger partial charge is 0.481 e. The van der Waals surface area contributed by atoms with Crippen LogP contribution in [0.2, 0.25) is 0 Å². The Hall–Kier alpha value is -9.96. The van der Waals surface area contributed by atoms with E-state index in [1.54, 1.807) is 27.7 Å².